The number of ether oxygens (including phenoxy) is 1. The fourth-order valence-corrected chi connectivity index (χ4v) is 2.22. The maximum atomic E-state index is 12.1. The minimum absolute atomic E-state index is 0.0444. The molecule has 1 atom stereocenters. The van der Waals surface area contributed by atoms with Gasteiger partial charge in [0.15, 0.2) is 0 Å². The number of carbonyl (C=O) groups is 1. The quantitative estimate of drug-likeness (QED) is 0.795. The van der Waals surface area contributed by atoms with Crippen molar-refractivity contribution in [1.29, 1.82) is 0 Å². The van der Waals surface area contributed by atoms with Crippen LogP contribution in [0, 0.1) is 11.8 Å². The Morgan fingerprint density at radius 2 is 2.44 bits per heavy atom. The Morgan fingerprint density at radius 3 is 3.11 bits per heavy atom. The van der Waals surface area contributed by atoms with Crippen LogP contribution in [0.2, 0.25) is 0 Å². The average Bonchev–Trinajstić information content (AvgIpc) is 2.77. The molecule has 2 rings (SSSR count). The molecule has 2 heterocycles. The summed E-state index contributed by atoms with van der Waals surface area (Å²) < 4.78 is 7.19. The first-order valence-corrected chi connectivity index (χ1v) is 6.64. The third-order valence-corrected chi connectivity index (χ3v) is 3.18. The largest absolute Gasteiger partial charge is 0.381 e. The SMILES string of the molecule is CC(C)Cn1ncnc1CC(=O)C1CCCOC1. The zero-order chi connectivity index (χ0) is 13.0. The van der Waals surface area contributed by atoms with E-state index in [1.807, 2.05) is 4.68 Å². The van der Waals surface area contributed by atoms with E-state index in [-0.39, 0.29) is 11.7 Å². The topological polar surface area (TPSA) is 57.0 Å². The van der Waals surface area contributed by atoms with Crippen molar-refractivity contribution in [2.45, 2.75) is 39.7 Å². The van der Waals surface area contributed by atoms with Gasteiger partial charge in [-0.2, -0.15) is 5.10 Å². The molecule has 0 spiro atoms. The summed E-state index contributed by atoms with van der Waals surface area (Å²) in [4.78, 5) is 16.3. The Bertz CT molecular complexity index is 395. The summed E-state index contributed by atoms with van der Waals surface area (Å²) >= 11 is 0. The zero-order valence-corrected chi connectivity index (χ0v) is 11.1. The Morgan fingerprint density at radius 1 is 1.61 bits per heavy atom. The van der Waals surface area contributed by atoms with Gasteiger partial charge in [-0.1, -0.05) is 13.8 Å². The number of Topliss-reactive ketones (excluding diaryl/α,β-unsaturated/α-hetero) is 1. The second-order valence-corrected chi connectivity index (χ2v) is 5.31. The van der Waals surface area contributed by atoms with Gasteiger partial charge in [0.05, 0.1) is 13.0 Å². The van der Waals surface area contributed by atoms with Gasteiger partial charge in [0.1, 0.15) is 17.9 Å². The molecule has 5 heteroatoms. The highest BCUT2D eigenvalue weighted by molar-refractivity contribution is 5.82. The first-order chi connectivity index (χ1) is 8.66. The van der Waals surface area contributed by atoms with E-state index < -0.39 is 0 Å². The number of carbonyl (C=O) groups excluding carboxylic acids is 1. The Labute approximate surface area is 108 Å². The second-order valence-electron chi connectivity index (χ2n) is 5.31. The highest BCUT2D eigenvalue weighted by Gasteiger charge is 2.23. The average molecular weight is 251 g/mol. The Balaban J connectivity index is 1.95. The van der Waals surface area contributed by atoms with Crippen LogP contribution < -0.4 is 0 Å². The van der Waals surface area contributed by atoms with Gasteiger partial charge >= 0.3 is 0 Å². The van der Waals surface area contributed by atoms with Crippen molar-refractivity contribution < 1.29 is 9.53 Å². The predicted molar refractivity (Wildman–Crippen MR) is 67.1 cm³/mol. The van der Waals surface area contributed by atoms with Crippen LogP contribution in [0.4, 0.5) is 0 Å². The number of hydrogen-bond donors (Lipinski definition) is 0. The van der Waals surface area contributed by atoms with Crippen molar-refractivity contribution >= 4 is 5.78 Å². The molecule has 0 aromatic carbocycles. The lowest BCUT2D eigenvalue weighted by atomic mass is 9.95. The fourth-order valence-electron chi connectivity index (χ4n) is 2.22. The lowest BCUT2D eigenvalue weighted by Crippen LogP contribution is -2.27. The minimum atomic E-state index is 0.0444. The molecule has 0 amide bonds. The van der Waals surface area contributed by atoms with Crippen LogP contribution in [0.25, 0.3) is 0 Å². The van der Waals surface area contributed by atoms with Crippen LogP contribution in [0.5, 0.6) is 0 Å². The Hall–Kier alpha value is -1.23. The van der Waals surface area contributed by atoms with E-state index in [0.717, 1.165) is 31.8 Å². The highest BCUT2D eigenvalue weighted by atomic mass is 16.5. The lowest BCUT2D eigenvalue weighted by Gasteiger charge is -2.20. The van der Waals surface area contributed by atoms with Crippen molar-refractivity contribution in [3.63, 3.8) is 0 Å². The first kappa shape index (κ1) is 13.2. The van der Waals surface area contributed by atoms with Crippen LogP contribution in [-0.4, -0.2) is 33.8 Å². The number of aromatic nitrogens is 3. The van der Waals surface area contributed by atoms with Gasteiger partial charge in [0, 0.05) is 19.1 Å². The summed E-state index contributed by atoms with van der Waals surface area (Å²) in [6.07, 6.45) is 3.83. The molecule has 1 aromatic heterocycles. The van der Waals surface area contributed by atoms with Crippen LogP contribution in [0.1, 0.15) is 32.5 Å². The molecule has 1 saturated heterocycles. The van der Waals surface area contributed by atoms with Gasteiger partial charge in [0.2, 0.25) is 0 Å². The summed E-state index contributed by atoms with van der Waals surface area (Å²) in [6.45, 7) is 6.42. The van der Waals surface area contributed by atoms with Crippen LogP contribution in [-0.2, 0) is 22.5 Å². The molecule has 0 radical (unpaired) electrons. The summed E-state index contributed by atoms with van der Waals surface area (Å²) in [5, 5.41) is 4.18. The number of ketones is 1. The third-order valence-electron chi connectivity index (χ3n) is 3.18. The van der Waals surface area contributed by atoms with E-state index in [1.165, 1.54) is 6.33 Å². The molecule has 100 valence electrons. The molecule has 0 N–H and O–H groups in total. The molecule has 0 bridgehead atoms. The van der Waals surface area contributed by atoms with Crippen molar-refractivity contribution in [1.82, 2.24) is 14.8 Å². The van der Waals surface area contributed by atoms with Gasteiger partial charge < -0.3 is 4.74 Å². The van der Waals surface area contributed by atoms with Gasteiger partial charge in [-0.3, -0.25) is 4.79 Å². The van der Waals surface area contributed by atoms with Gasteiger partial charge in [-0.15, -0.1) is 0 Å². The van der Waals surface area contributed by atoms with E-state index in [9.17, 15) is 4.79 Å². The van der Waals surface area contributed by atoms with Crippen LogP contribution >= 0.6 is 0 Å². The highest BCUT2D eigenvalue weighted by Crippen LogP contribution is 2.16. The van der Waals surface area contributed by atoms with E-state index >= 15 is 0 Å². The van der Waals surface area contributed by atoms with Crippen molar-refractivity contribution in [3.8, 4) is 0 Å². The summed E-state index contributed by atoms with van der Waals surface area (Å²) in [7, 11) is 0. The van der Waals surface area contributed by atoms with Crippen LogP contribution in [0.15, 0.2) is 6.33 Å². The van der Waals surface area contributed by atoms with E-state index in [0.29, 0.717) is 18.9 Å². The molecule has 1 aromatic rings. The molecule has 1 aliphatic rings. The smallest absolute Gasteiger partial charge is 0.145 e. The lowest BCUT2D eigenvalue weighted by molar-refractivity contribution is -0.126. The van der Waals surface area contributed by atoms with Crippen LogP contribution in [0.3, 0.4) is 0 Å². The molecular weight excluding hydrogens is 230 g/mol. The minimum Gasteiger partial charge on any atom is -0.381 e. The number of rotatable bonds is 5. The monoisotopic (exact) mass is 251 g/mol. The summed E-state index contributed by atoms with van der Waals surface area (Å²) in [5.74, 6) is 1.55. The summed E-state index contributed by atoms with van der Waals surface area (Å²) in [6, 6.07) is 0. The molecule has 0 saturated carbocycles. The van der Waals surface area contributed by atoms with E-state index in [2.05, 4.69) is 23.9 Å². The van der Waals surface area contributed by atoms with Crippen molar-refractivity contribution in [2.75, 3.05) is 13.2 Å². The van der Waals surface area contributed by atoms with Crippen molar-refractivity contribution in [3.05, 3.63) is 12.2 Å². The normalized spacial score (nSPS) is 20.3. The maximum absolute atomic E-state index is 12.1. The maximum Gasteiger partial charge on any atom is 0.145 e. The second kappa shape index (κ2) is 6.09. The van der Waals surface area contributed by atoms with Crippen molar-refractivity contribution in [2.24, 2.45) is 11.8 Å². The molecule has 1 aliphatic heterocycles. The van der Waals surface area contributed by atoms with Gasteiger partial charge in [-0.25, -0.2) is 9.67 Å². The predicted octanol–water partition coefficient (Wildman–Crippen LogP) is 1.47. The number of nitrogens with zero attached hydrogens (tertiary/aromatic N) is 3. The molecule has 1 unspecified atom stereocenters. The van der Waals surface area contributed by atoms with Gasteiger partial charge in [-0.05, 0) is 18.8 Å². The molecule has 0 aliphatic carbocycles. The first-order valence-electron chi connectivity index (χ1n) is 6.64. The molecule has 1 fully saturated rings. The van der Waals surface area contributed by atoms with E-state index in [4.69, 9.17) is 4.74 Å². The molecular formula is C13H21N3O2. The Kier molecular flexibility index (Phi) is 4.47. The molecule has 18 heavy (non-hydrogen) atoms. The summed E-state index contributed by atoms with van der Waals surface area (Å²) in [5.41, 5.74) is 0. The number of hydrogen-bond acceptors (Lipinski definition) is 4. The third kappa shape index (κ3) is 3.38. The van der Waals surface area contributed by atoms with E-state index in [1.54, 1.807) is 0 Å². The molecule has 5 nitrogen and oxygen atoms in total. The zero-order valence-electron chi connectivity index (χ0n) is 11.1. The fraction of sp³-hybridized carbons (Fsp3) is 0.769. The standard InChI is InChI=1S/C13H21N3O2/c1-10(2)7-16-13(14-9-15-16)6-12(17)11-4-3-5-18-8-11/h9-11H,3-8H2,1-2H3. The van der Waals surface area contributed by atoms with Gasteiger partial charge in [0.25, 0.3) is 0 Å².